The summed E-state index contributed by atoms with van der Waals surface area (Å²) in [5, 5.41) is 3.71. The first kappa shape index (κ1) is 17.2. The van der Waals surface area contributed by atoms with Gasteiger partial charge in [-0.05, 0) is 51.5 Å². The molecule has 0 atom stereocenters. The Hall–Kier alpha value is -2.68. The van der Waals surface area contributed by atoms with Gasteiger partial charge in [-0.2, -0.15) is 4.98 Å². The van der Waals surface area contributed by atoms with Crippen molar-refractivity contribution >= 4 is 15.7 Å². The number of anilines is 1. The Morgan fingerprint density at radius 3 is 2.48 bits per heavy atom. The molecule has 1 aromatic carbocycles. The van der Waals surface area contributed by atoms with E-state index in [-0.39, 0.29) is 16.5 Å². The highest BCUT2D eigenvalue weighted by Crippen LogP contribution is 2.33. The molecule has 0 fully saturated rings. The fourth-order valence-corrected chi connectivity index (χ4v) is 4.17. The van der Waals surface area contributed by atoms with Crippen molar-refractivity contribution in [2.24, 2.45) is 0 Å². The van der Waals surface area contributed by atoms with Crippen molar-refractivity contribution in [3.05, 3.63) is 46.8 Å². The van der Waals surface area contributed by atoms with Crippen molar-refractivity contribution in [1.29, 1.82) is 0 Å². The standard InChI is InChI=1S/C16H17FN4O3S/c1-8-7-12(5-6-13(8)17)21-25(22,23)15-10(3)18-9(2)14(15)16-19-11(4)20-24-16/h5-7,18,21H,1-4H3. The molecule has 0 saturated heterocycles. The highest BCUT2D eigenvalue weighted by Gasteiger charge is 2.29. The molecule has 0 radical (unpaired) electrons. The third-order valence-electron chi connectivity index (χ3n) is 3.74. The molecule has 132 valence electrons. The molecule has 2 heterocycles. The zero-order chi connectivity index (χ0) is 18.4. The van der Waals surface area contributed by atoms with Crippen LogP contribution in [0.5, 0.6) is 0 Å². The third-order valence-corrected chi connectivity index (χ3v) is 5.29. The lowest BCUT2D eigenvalue weighted by molar-refractivity contribution is 0.424. The van der Waals surface area contributed by atoms with Crippen molar-refractivity contribution in [3.8, 4) is 11.5 Å². The number of H-pyrrole nitrogens is 1. The van der Waals surface area contributed by atoms with Crippen LogP contribution in [0, 0.1) is 33.5 Å². The van der Waals surface area contributed by atoms with Crippen molar-refractivity contribution in [2.75, 3.05) is 4.72 Å². The summed E-state index contributed by atoms with van der Waals surface area (Å²) >= 11 is 0. The fraction of sp³-hybridized carbons (Fsp3) is 0.250. The molecule has 0 bridgehead atoms. The lowest BCUT2D eigenvalue weighted by Crippen LogP contribution is -2.14. The van der Waals surface area contributed by atoms with Gasteiger partial charge in [0.2, 0.25) is 0 Å². The highest BCUT2D eigenvalue weighted by atomic mass is 32.2. The van der Waals surface area contributed by atoms with Gasteiger partial charge >= 0.3 is 0 Å². The number of aromatic nitrogens is 3. The second-order valence-electron chi connectivity index (χ2n) is 5.80. The molecular weight excluding hydrogens is 347 g/mol. The van der Waals surface area contributed by atoms with E-state index in [4.69, 9.17) is 4.52 Å². The van der Waals surface area contributed by atoms with E-state index in [1.54, 1.807) is 27.7 Å². The van der Waals surface area contributed by atoms with Gasteiger partial charge in [0.1, 0.15) is 10.7 Å². The molecule has 0 spiro atoms. The average Bonchev–Trinajstić information content (AvgIpc) is 3.05. The van der Waals surface area contributed by atoms with E-state index < -0.39 is 15.8 Å². The number of nitrogens with one attached hydrogen (secondary N) is 2. The summed E-state index contributed by atoms with van der Waals surface area (Å²) in [5.41, 5.74) is 1.97. The molecule has 0 aliphatic heterocycles. The Balaban J connectivity index is 2.10. The van der Waals surface area contributed by atoms with Crippen LogP contribution in [0.3, 0.4) is 0 Å². The van der Waals surface area contributed by atoms with Crippen LogP contribution in [-0.2, 0) is 10.0 Å². The highest BCUT2D eigenvalue weighted by molar-refractivity contribution is 7.93. The molecule has 0 unspecified atom stereocenters. The number of sulfonamides is 1. The molecule has 0 saturated carbocycles. The zero-order valence-electron chi connectivity index (χ0n) is 14.1. The molecule has 25 heavy (non-hydrogen) atoms. The van der Waals surface area contributed by atoms with Gasteiger partial charge in [0.05, 0.1) is 5.56 Å². The summed E-state index contributed by atoms with van der Waals surface area (Å²) in [6.45, 7) is 6.58. The number of aromatic amines is 1. The number of rotatable bonds is 4. The molecule has 2 aromatic heterocycles. The minimum absolute atomic E-state index is 0.0237. The molecule has 0 aliphatic carbocycles. The first-order chi connectivity index (χ1) is 11.7. The maximum Gasteiger partial charge on any atom is 0.264 e. The van der Waals surface area contributed by atoms with Crippen molar-refractivity contribution in [1.82, 2.24) is 15.1 Å². The van der Waals surface area contributed by atoms with Crippen LogP contribution in [0.15, 0.2) is 27.6 Å². The molecule has 3 rings (SSSR count). The molecule has 7 nitrogen and oxygen atoms in total. The lowest BCUT2D eigenvalue weighted by atomic mass is 10.2. The largest absolute Gasteiger partial charge is 0.361 e. The van der Waals surface area contributed by atoms with E-state index in [9.17, 15) is 12.8 Å². The van der Waals surface area contributed by atoms with Crippen molar-refractivity contribution in [3.63, 3.8) is 0 Å². The van der Waals surface area contributed by atoms with Crippen LogP contribution < -0.4 is 4.72 Å². The van der Waals surface area contributed by atoms with Gasteiger partial charge < -0.3 is 9.51 Å². The minimum Gasteiger partial charge on any atom is -0.361 e. The molecule has 3 aromatic rings. The summed E-state index contributed by atoms with van der Waals surface area (Å²) in [6, 6.07) is 4.01. The van der Waals surface area contributed by atoms with Crippen molar-refractivity contribution < 1.29 is 17.3 Å². The van der Waals surface area contributed by atoms with Crippen LogP contribution >= 0.6 is 0 Å². The van der Waals surface area contributed by atoms with Gasteiger partial charge in [-0.25, -0.2) is 12.8 Å². The normalized spacial score (nSPS) is 11.7. The summed E-state index contributed by atoms with van der Waals surface area (Å²) in [7, 11) is -3.95. The van der Waals surface area contributed by atoms with Gasteiger partial charge in [-0.15, -0.1) is 0 Å². The number of hydrogen-bond acceptors (Lipinski definition) is 5. The van der Waals surface area contributed by atoms with Gasteiger partial charge in [0, 0.05) is 17.1 Å². The van der Waals surface area contributed by atoms with Gasteiger partial charge in [-0.1, -0.05) is 5.16 Å². The van der Waals surface area contributed by atoms with E-state index in [0.717, 1.165) is 0 Å². The van der Waals surface area contributed by atoms with E-state index in [0.29, 0.717) is 28.3 Å². The van der Waals surface area contributed by atoms with E-state index in [1.165, 1.54) is 18.2 Å². The van der Waals surface area contributed by atoms with Gasteiger partial charge in [-0.3, -0.25) is 4.72 Å². The molecular formula is C16H17FN4O3S. The fourth-order valence-electron chi connectivity index (χ4n) is 2.66. The number of nitrogens with zero attached hydrogens (tertiary/aromatic N) is 2. The molecule has 2 N–H and O–H groups in total. The Kier molecular flexibility index (Phi) is 4.11. The molecule has 0 amide bonds. The average molecular weight is 364 g/mol. The monoisotopic (exact) mass is 364 g/mol. The summed E-state index contributed by atoms with van der Waals surface area (Å²) in [5.74, 6) is 0.118. The summed E-state index contributed by atoms with van der Waals surface area (Å²) < 4.78 is 46.8. The second kappa shape index (κ2) is 5.99. The van der Waals surface area contributed by atoms with Crippen LogP contribution in [0.4, 0.5) is 10.1 Å². The van der Waals surface area contributed by atoms with Crippen LogP contribution in [-0.4, -0.2) is 23.5 Å². The van der Waals surface area contributed by atoms with E-state index >= 15 is 0 Å². The number of benzene rings is 1. The Bertz CT molecular complexity index is 1050. The maximum absolute atomic E-state index is 13.4. The predicted octanol–water partition coefficient (Wildman–Crippen LogP) is 3.24. The molecule has 9 heteroatoms. The van der Waals surface area contributed by atoms with Crippen LogP contribution in [0.25, 0.3) is 11.5 Å². The van der Waals surface area contributed by atoms with Gasteiger partial charge in [0.25, 0.3) is 15.9 Å². The van der Waals surface area contributed by atoms with Crippen LogP contribution in [0.2, 0.25) is 0 Å². The predicted molar refractivity (Wildman–Crippen MR) is 90.2 cm³/mol. The maximum atomic E-state index is 13.4. The first-order valence-electron chi connectivity index (χ1n) is 7.48. The Morgan fingerprint density at radius 1 is 1.16 bits per heavy atom. The van der Waals surface area contributed by atoms with Crippen molar-refractivity contribution in [2.45, 2.75) is 32.6 Å². The lowest BCUT2D eigenvalue weighted by Gasteiger charge is -2.10. The quantitative estimate of drug-likeness (QED) is 0.740. The van der Waals surface area contributed by atoms with E-state index in [1.807, 2.05) is 0 Å². The topological polar surface area (TPSA) is 101 Å². The third kappa shape index (κ3) is 3.14. The second-order valence-corrected chi connectivity index (χ2v) is 7.41. The SMILES string of the molecule is Cc1noc(-c2c(C)[nH]c(C)c2S(=O)(=O)Nc2ccc(F)c(C)c2)n1. The smallest absolute Gasteiger partial charge is 0.264 e. The van der Waals surface area contributed by atoms with Gasteiger partial charge in [0.15, 0.2) is 5.82 Å². The van der Waals surface area contributed by atoms with Crippen LogP contribution in [0.1, 0.15) is 22.8 Å². The minimum atomic E-state index is -3.95. The van der Waals surface area contributed by atoms with E-state index in [2.05, 4.69) is 19.8 Å². The number of halogens is 1. The number of aryl methyl sites for hydroxylation is 4. The molecule has 0 aliphatic rings. The summed E-state index contributed by atoms with van der Waals surface area (Å²) in [6.07, 6.45) is 0. The zero-order valence-corrected chi connectivity index (χ0v) is 15.0. The summed E-state index contributed by atoms with van der Waals surface area (Å²) in [4.78, 5) is 7.14. The first-order valence-corrected chi connectivity index (χ1v) is 8.96. The Labute approximate surface area is 144 Å². The number of hydrogen-bond donors (Lipinski definition) is 2. The Morgan fingerprint density at radius 2 is 1.88 bits per heavy atom.